The summed E-state index contributed by atoms with van der Waals surface area (Å²) in [7, 11) is 0. The molecule has 2 aromatic carbocycles. The van der Waals surface area contributed by atoms with Crippen LogP contribution in [0.15, 0.2) is 46.6 Å². The van der Waals surface area contributed by atoms with Crippen molar-refractivity contribution < 1.29 is 14.3 Å². The molecule has 2 aromatic rings. The van der Waals surface area contributed by atoms with Crippen molar-refractivity contribution in [2.75, 3.05) is 11.7 Å². The maximum Gasteiger partial charge on any atom is 0.281 e. The number of fused-ring (bicyclic) bond motifs is 1. The first-order valence-corrected chi connectivity index (χ1v) is 8.76. The number of carbonyl (C=O) groups excluding carboxylic acids is 1. The second kappa shape index (κ2) is 6.16. The summed E-state index contributed by atoms with van der Waals surface area (Å²) in [5.74, 6) is 1.13. The quantitative estimate of drug-likeness (QED) is 0.596. The third kappa shape index (κ3) is 2.79. The van der Waals surface area contributed by atoms with Gasteiger partial charge in [-0.3, -0.25) is 9.69 Å². The first-order chi connectivity index (χ1) is 12.0. The molecule has 0 saturated carbocycles. The van der Waals surface area contributed by atoms with Crippen LogP contribution in [0.3, 0.4) is 0 Å². The maximum absolute atomic E-state index is 12.8. The average molecular weight is 417 g/mol. The van der Waals surface area contributed by atoms with Gasteiger partial charge in [0.15, 0.2) is 16.6 Å². The van der Waals surface area contributed by atoms with Gasteiger partial charge in [-0.1, -0.05) is 18.2 Å². The van der Waals surface area contributed by atoms with Crippen LogP contribution in [0.1, 0.15) is 11.1 Å². The normalized spacial score (nSPS) is 17.4. The van der Waals surface area contributed by atoms with E-state index >= 15 is 0 Å². The number of thiocarbonyl (C=S) groups is 1. The Hall–Kier alpha value is -2.38. The smallest absolute Gasteiger partial charge is 0.281 e. The molecule has 5 nitrogen and oxygen atoms in total. The number of aryl methyl sites for hydroxylation is 1. The molecular formula is C18H13BrN2O3S. The Kier molecular flexibility index (Phi) is 3.97. The molecule has 0 aromatic heterocycles. The SMILES string of the molecule is Cc1ccccc1N1C(=O)/C(=C\c2cc(Br)c3c(c2)OCO3)NC1=S. The zero-order valence-corrected chi connectivity index (χ0v) is 15.6. The lowest BCUT2D eigenvalue weighted by atomic mass is 10.1. The molecule has 0 aliphatic carbocycles. The Labute approximate surface area is 158 Å². The number of rotatable bonds is 2. The summed E-state index contributed by atoms with van der Waals surface area (Å²) >= 11 is 8.81. The summed E-state index contributed by atoms with van der Waals surface area (Å²) in [6.07, 6.45) is 1.75. The van der Waals surface area contributed by atoms with E-state index in [0.717, 1.165) is 21.3 Å². The van der Waals surface area contributed by atoms with Crippen molar-refractivity contribution in [2.24, 2.45) is 0 Å². The summed E-state index contributed by atoms with van der Waals surface area (Å²) in [6, 6.07) is 11.3. The third-order valence-electron chi connectivity index (χ3n) is 4.00. The van der Waals surface area contributed by atoms with Gasteiger partial charge in [-0.25, -0.2) is 0 Å². The van der Waals surface area contributed by atoms with Gasteiger partial charge in [-0.15, -0.1) is 0 Å². The van der Waals surface area contributed by atoms with Crippen LogP contribution in [-0.2, 0) is 4.79 Å². The highest BCUT2D eigenvalue weighted by molar-refractivity contribution is 9.10. The molecule has 0 bridgehead atoms. The van der Waals surface area contributed by atoms with Crippen LogP contribution in [0.2, 0.25) is 0 Å². The first kappa shape index (κ1) is 16.1. The summed E-state index contributed by atoms with van der Waals surface area (Å²) in [4.78, 5) is 14.3. The molecular weight excluding hydrogens is 404 g/mol. The monoisotopic (exact) mass is 416 g/mol. The molecule has 4 rings (SSSR count). The van der Waals surface area contributed by atoms with Crippen molar-refractivity contribution >= 4 is 50.9 Å². The molecule has 126 valence electrons. The minimum absolute atomic E-state index is 0.187. The van der Waals surface area contributed by atoms with E-state index in [1.165, 1.54) is 4.90 Å². The maximum atomic E-state index is 12.8. The lowest BCUT2D eigenvalue weighted by Gasteiger charge is -2.16. The summed E-state index contributed by atoms with van der Waals surface area (Å²) in [6.45, 7) is 2.14. The van der Waals surface area contributed by atoms with E-state index in [1.54, 1.807) is 6.08 Å². The number of amides is 1. The van der Waals surface area contributed by atoms with Crippen LogP contribution in [0.25, 0.3) is 6.08 Å². The Morgan fingerprint density at radius 1 is 1.28 bits per heavy atom. The molecule has 2 heterocycles. The van der Waals surface area contributed by atoms with Gasteiger partial charge >= 0.3 is 0 Å². The zero-order valence-electron chi connectivity index (χ0n) is 13.2. The van der Waals surface area contributed by atoms with E-state index in [9.17, 15) is 4.79 Å². The molecule has 0 atom stereocenters. The van der Waals surface area contributed by atoms with Crippen LogP contribution < -0.4 is 19.7 Å². The van der Waals surface area contributed by atoms with Crippen LogP contribution in [0.4, 0.5) is 5.69 Å². The number of hydrogen-bond donors (Lipinski definition) is 1. The predicted molar refractivity (Wildman–Crippen MR) is 103 cm³/mol. The molecule has 7 heteroatoms. The number of anilines is 1. The Morgan fingerprint density at radius 2 is 2.08 bits per heavy atom. The topological polar surface area (TPSA) is 50.8 Å². The molecule has 0 spiro atoms. The minimum atomic E-state index is -0.187. The Bertz CT molecular complexity index is 942. The number of para-hydroxylation sites is 1. The second-order valence-electron chi connectivity index (χ2n) is 5.65. The number of benzene rings is 2. The van der Waals surface area contributed by atoms with Gasteiger partial charge < -0.3 is 14.8 Å². The molecule has 0 unspecified atom stereocenters. The van der Waals surface area contributed by atoms with E-state index in [-0.39, 0.29) is 12.7 Å². The van der Waals surface area contributed by atoms with Crippen LogP contribution in [0.5, 0.6) is 11.5 Å². The first-order valence-electron chi connectivity index (χ1n) is 7.56. The number of carbonyl (C=O) groups is 1. The molecule has 1 N–H and O–H groups in total. The van der Waals surface area contributed by atoms with Crippen molar-refractivity contribution in [3.05, 3.63) is 57.7 Å². The van der Waals surface area contributed by atoms with Gasteiger partial charge in [-0.2, -0.15) is 0 Å². The number of ether oxygens (including phenoxy) is 2. The lowest BCUT2D eigenvalue weighted by Crippen LogP contribution is -2.30. The molecule has 1 fully saturated rings. The average Bonchev–Trinajstić information content (AvgIpc) is 3.14. The van der Waals surface area contributed by atoms with Gasteiger partial charge in [0.25, 0.3) is 5.91 Å². The van der Waals surface area contributed by atoms with E-state index in [4.69, 9.17) is 21.7 Å². The fourth-order valence-corrected chi connectivity index (χ4v) is 3.67. The van der Waals surface area contributed by atoms with Crippen molar-refractivity contribution in [3.8, 4) is 11.5 Å². The minimum Gasteiger partial charge on any atom is -0.454 e. The van der Waals surface area contributed by atoms with Gasteiger partial charge in [0.2, 0.25) is 6.79 Å². The van der Waals surface area contributed by atoms with E-state index in [0.29, 0.717) is 22.3 Å². The fraction of sp³-hybridized carbons (Fsp3) is 0.111. The highest BCUT2D eigenvalue weighted by Gasteiger charge is 2.32. The van der Waals surface area contributed by atoms with Gasteiger partial charge in [0.1, 0.15) is 5.70 Å². The van der Waals surface area contributed by atoms with E-state index < -0.39 is 0 Å². The highest BCUT2D eigenvalue weighted by atomic mass is 79.9. The predicted octanol–water partition coefficient (Wildman–Crippen LogP) is 3.75. The number of halogens is 1. The second-order valence-corrected chi connectivity index (χ2v) is 6.89. The highest BCUT2D eigenvalue weighted by Crippen LogP contribution is 2.40. The van der Waals surface area contributed by atoms with Crippen LogP contribution >= 0.6 is 28.1 Å². The van der Waals surface area contributed by atoms with Gasteiger partial charge in [-0.05, 0) is 70.5 Å². The number of nitrogens with one attached hydrogen (secondary N) is 1. The van der Waals surface area contributed by atoms with Crippen LogP contribution in [0, 0.1) is 6.92 Å². The van der Waals surface area contributed by atoms with Crippen molar-refractivity contribution in [3.63, 3.8) is 0 Å². The summed E-state index contributed by atoms with van der Waals surface area (Å²) in [5.41, 5.74) is 2.98. The molecule has 0 radical (unpaired) electrons. The Morgan fingerprint density at radius 3 is 2.88 bits per heavy atom. The largest absolute Gasteiger partial charge is 0.454 e. The van der Waals surface area contributed by atoms with Crippen molar-refractivity contribution in [2.45, 2.75) is 6.92 Å². The standard InChI is InChI=1S/C18H13BrN2O3S/c1-10-4-2-3-5-14(10)21-17(22)13(20-18(21)25)7-11-6-12(19)16-15(8-11)23-9-24-16/h2-8H,9H2,1H3,(H,20,25)/b13-7+. The summed E-state index contributed by atoms with van der Waals surface area (Å²) in [5, 5.41) is 3.36. The molecule has 1 amide bonds. The fourth-order valence-electron chi connectivity index (χ4n) is 2.81. The van der Waals surface area contributed by atoms with Gasteiger partial charge in [0.05, 0.1) is 10.2 Å². The molecule has 25 heavy (non-hydrogen) atoms. The van der Waals surface area contributed by atoms with Crippen molar-refractivity contribution in [1.82, 2.24) is 5.32 Å². The van der Waals surface area contributed by atoms with E-state index in [2.05, 4.69) is 21.2 Å². The third-order valence-corrected chi connectivity index (χ3v) is 4.87. The molecule has 2 aliphatic rings. The number of nitrogens with zero attached hydrogens (tertiary/aromatic N) is 1. The summed E-state index contributed by atoms with van der Waals surface area (Å²) < 4.78 is 11.6. The lowest BCUT2D eigenvalue weighted by molar-refractivity contribution is -0.113. The van der Waals surface area contributed by atoms with Gasteiger partial charge in [0, 0.05) is 0 Å². The zero-order chi connectivity index (χ0) is 17.6. The van der Waals surface area contributed by atoms with Crippen molar-refractivity contribution in [1.29, 1.82) is 0 Å². The van der Waals surface area contributed by atoms with Crippen LogP contribution in [-0.4, -0.2) is 17.8 Å². The Balaban J connectivity index is 1.70. The number of hydrogen-bond acceptors (Lipinski definition) is 4. The van der Waals surface area contributed by atoms with E-state index in [1.807, 2.05) is 43.3 Å². The molecule has 1 saturated heterocycles. The molecule has 2 aliphatic heterocycles.